The molecule has 192 valence electrons. The molecule has 0 aliphatic carbocycles. The molecule has 0 unspecified atom stereocenters. The standard InChI is InChI=1S/C34H33FN2S/c1-5-20-38-27-22-29(24-12-8-6-9-13-24)32(30(23-27)25-14-10-7-11-15-25)37-19-18-36-33(37)28-17-16-26(35)21-31(28)34(2,3)4/h6-19,21-23H,5,20H2,1-4H3. The molecule has 0 radical (unpaired) electrons. The summed E-state index contributed by atoms with van der Waals surface area (Å²) in [6.07, 6.45) is 4.98. The predicted molar refractivity (Wildman–Crippen MR) is 160 cm³/mol. The largest absolute Gasteiger partial charge is 0.299 e. The van der Waals surface area contributed by atoms with Crippen LogP contribution >= 0.6 is 11.8 Å². The number of thioether (sulfide) groups is 1. The molecular weight excluding hydrogens is 487 g/mol. The SMILES string of the molecule is CCCSc1cc(-c2ccccc2)c(-n2ccnc2-c2ccc(F)cc2C(C)(C)C)c(-c2ccccc2)c1. The van der Waals surface area contributed by atoms with E-state index in [0.717, 1.165) is 57.1 Å². The molecule has 0 spiro atoms. The fourth-order valence-corrected chi connectivity index (χ4v) is 5.70. The average molecular weight is 521 g/mol. The molecule has 5 rings (SSSR count). The summed E-state index contributed by atoms with van der Waals surface area (Å²) in [5.41, 5.74) is 7.27. The van der Waals surface area contributed by atoms with Gasteiger partial charge in [0.05, 0.1) is 5.69 Å². The lowest BCUT2D eigenvalue weighted by Crippen LogP contribution is -2.14. The Morgan fingerprint density at radius 3 is 1.95 bits per heavy atom. The molecule has 38 heavy (non-hydrogen) atoms. The highest BCUT2D eigenvalue weighted by Gasteiger charge is 2.24. The van der Waals surface area contributed by atoms with Crippen molar-refractivity contribution in [3.05, 3.63) is 115 Å². The number of nitrogens with zero attached hydrogens (tertiary/aromatic N) is 2. The zero-order chi connectivity index (χ0) is 26.7. The molecule has 1 heterocycles. The van der Waals surface area contributed by atoms with Crippen molar-refractivity contribution in [3.63, 3.8) is 0 Å². The number of halogens is 1. The van der Waals surface area contributed by atoms with E-state index in [0.29, 0.717) is 0 Å². The minimum atomic E-state index is -0.251. The van der Waals surface area contributed by atoms with Gasteiger partial charge in [0.15, 0.2) is 0 Å². The van der Waals surface area contributed by atoms with E-state index in [4.69, 9.17) is 4.98 Å². The van der Waals surface area contributed by atoms with Crippen molar-refractivity contribution in [1.82, 2.24) is 9.55 Å². The molecular formula is C34H33FN2S. The maximum Gasteiger partial charge on any atom is 0.144 e. The van der Waals surface area contributed by atoms with Crippen LogP contribution in [0.5, 0.6) is 0 Å². The summed E-state index contributed by atoms with van der Waals surface area (Å²) in [6.45, 7) is 8.56. The average Bonchev–Trinajstić information content (AvgIpc) is 3.41. The Kier molecular flexibility index (Phi) is 7.53. The predicted octanol–water partition coefficient (Wildman–Crippen LogP) is 9.81. The van der Waals surface area contributed by atoms with Crippen molar-refractivity contribution < 1.29 is 4.39 Å². The van der Waals surface area contributed by atoms with E-state index in [1.54, 1.807) is 6.07 Å². The molecule has 0 saturated carbocycles. The lowest BCUT2D eigenvalue weighted by Gasteiger charge is -2.25. The maximum absolute atomic E-state index is 14.4. The zero-order valence-corrected chi connectivity index (χ0v) is 23.2. The zero-order valence-electron chi connectivity index (χ0n) is 22.4. The lowest BCUT2D eigenvalue weighted by atomic mass is 9.83. The Morgan fingerprint density at radius 2 is 1.39 bits per heavy atom. The Balaban J connectivity index is 1.84. The van der Waals surface area contributed by atoms with Gasteiger partial charge in [-0.05, 0) is 64.6 Å². The number of rotatable bonds is 7. The van der Waals surface area contributed by atoms with Crippen molar-refractivity contribution in [2.75, 3.05) is 5.75 Å². The third-order valence-electron chi connectivity index (χ3n) is 6.64. The molecule has 1 aromatic heterocycles. The minimum Gasteiger partial charge on any atom is -0.299 e. The van der Waals surface area contributed by atoms with E-state index >= 15 is 0 Å². The summed E-state index contributed by atoms with van der Waals surface area (Å²) >= 11 is 1.89. The van der Waals surface area contributed by atoms with E-state index in [1.807, 2.05) is 42.4 Å². The van der Waals surface area contributed by atoms with Gasteiger partial charge in [-0.3, -0.25) is 4.57 Å². The van der Waals surface area contributed by atoms with Crippen molar-refractivity contribution in [2.45, 2.75) is 44.4 Å². The Bertz CT molecular complexity index is 1470. The molecule has 0 atom stereocenters. The maximum atomic E-state index is 14.4. The summed E-state index contributed by atoms with van der Waals surface area (Å²) in [7, 11) is 0. The first-order valence-corrected chi connectivity index (χ1v) is 14.1. The summed E-state index contributed by atoms with van der Waals surface area (Å²) in [6, 6.07) is 30.7. The second-order valence-corrected chi connectivity index (χ2v) is 11.7. The molecule has 0 fully saturated rings. The molecule has 0 aliphatic heterocycles. The monoisotopic (exact) mass is 520 g/mol. The number of aromatic nitrogens is 2. The summed E-state index contributed by atoms with van der Waals surface area (Å²) < 4.78 is 16.6. The fourth-order valence-electron chi connectivity index (χ4n) is 4.86. The molecule has 0 saturated heterocycles. The number of benzene rings is 4. The van der Waals surface area contributed by atoms with Gasteiger partial charge in [-0.2, -0.15) is 0 Å². The van der Waals surface area contributed by atoms with Crippen molar-refractivity contribution >= 4 is 11.8 Å². The van der Waals surface area contributed by atoms with Gasteiger partial charge in [-0.15, -0.1) is 11.8 Å². The van der Waals surface area contributed by atoms with Gasteiger partial charge < -0.3 is 0 Å². The van der Waals surface area contributed by atoms with Gasteiger partial charge in [-0.1, -0.05) is 88.4 Å². The van der Waals surface area contributed by atoms with Crippen LogP contribution in [0.15, 0.2) is 108 Å². The van der Waals surface area contributed by atoms with Gasteiger partial charge in [-0.25, -0.2) is 9.37 Å². The van der Waals surface area contributed by atoms with Crippen LogP contribution in [-0.4, -0.2) is 15.3 Å². The second kappa shape index (κ2) is 11.0. The van der Waals surface area contributed by atoms with Crippen LogP contribution in [0, 0.1) is 5.82 Å². The molecule has 4 aromatic carbocycles. The molecule has 0 N–H and O–H groups in total. The Labute approximate surface area is 229 Å². The first kappa shape index (κ1) is 26.0. The highest BCUT2D eigenvalue weighted by atomic mass is 32.2. The van der Waals surface area contributed by atoms with Crippen LogP contribution in [0.3, 0.4) is 0 Å². The highest BCUT2D eigenvalue weighted by molar-refractivity contribution is 7.99. The van der Waals surface area contributed by atoms with Crippen LogP contribution in [0.4, 0.5) is 4.39 Å². The van der Waals surface area contributed by atoms with E-state index in [2.05, 4.69) is 92.9 Å². The van der Waals surface area contributed by atoms with Gasteiger partial charge >= 0.3 is 0 Å². The van der Waals surface area contributed by atoms with Gasteiger partial charge in [0, 0.05) is 34.0 Å². The van der Waals surface area contributed by atoms with Crippen molar-refractivity contribution in [2.24, 2.45) is 0 Å². The summed E-state index contributed by atoms with van der Waals surface area (Å²) in [4.78, 5) is 6.09. The first-order chi connectivity index (χ1) is 18.4. The minimum absolute atomic E-state index is 0.232. The Morgan fingerprint density at radius 1 is 0.789 bits per heavy atom. The van der Waals surface area contributed by atoms with E-state index < -0.39 is 0 Å². The van der Waals surface area contributed by atoms with Gasteiger partial charge in [0.2, 0.25) is 0 Å². The van der Waals surface area contributed by atoms with Crippen LogP contribution in [0.2, 0.25) is 0 Å². The molecule has 2 nitrogen and oxygen atoms in total. The van der Waals surface area contributed by atoms with Gasteiger partial charge in [0.25, 0.3) is 0 Å². The quantitative estimate of drug-likeness (QED) is 0.199. The third kappa shape index (κ3) is 5.32. The van der Waals surface area contributed by atoms with Crippen molar-refractivity contribution in [1.29, 1.82) is 0 Å². The molecule has 0 amide bonds. The normalized spacial score (nSPS) is 11.6. The van der Waals surface area contributed by atoms with E-state index in [9.17, 15) is 4.39 Å². The van der Waals surface area contributed by atoms with Crippen LogP contribution in [0.25, 0.3) is 39.3 Å². The third-order valence-corrected chi connectivity index (χ3v) is 7.82. The van der Waals surface area contributed by atoms with E-state index in [-0.39, 0.29) is 11.2 Å². The van der Waals surface area contributed by atoms with Crippen LogP contribution in [0.1, 0.15) is 39.7 Å². The molecule has 0 bridgehead atoms. The van der Waals surface area contributed by atoms with Crippen LogP contribution in [-0.2, 0) is 5.41 Å². The first-order valence-electron chi connectivity index (χ1n) is 13.1. The molecule has 4 heteroatoms. The summed E-state index contributed by atoms with van der Waals surface area (Å²) in [5.74, 6) is 1.63. The van der Waals surface area contributed by atoms with E-state index in [1.165, 1.54) is 11.0 Å². The molecule has 5 aromatic rings. The number of hydrogen-bond donors (Lipinski definition) is 0. The van der Waals surface area contributed by atoms with Crippen molar-refractivity contribution in [3.8, 4) is 39.3 Å². The lowest BCUT2D eigenvalue weighted by molar-refractivity contribution is 0.573. The smallest absolute Gasteiger partial charge is 0.144 e. The Hall–Kier alpha value is -3.63. The van der Waals surface area contributed by atoms with Gasteiger partial charge in [0.1, 0.15) is 11.6 Å². The fraction of sp³-hybridized carbons (Fsp3) is 0.206. The molecule has 0 aliphatic rings. The van der Waals surface area contributed by atoms with Crippen LogP contribution < -0.4 is 0 Å². The number of imidazole rings is 1. The number of hydrogen-bond acceptors (Lipinski definition) is 2. The second-order valence-electron chi connectivity index (χ2n) is 10.5. The highest BCUT2D eigenvalue weighted by Crippen LogP contribution is 2.42. The topological polar surface area (TPSA) is 17.8 Å². The summed E-state index contributed by atoms with van der Waals surface area (Å²) in [5, 5.41) is 0.